The average Bonchev–Trinajstić information content (AvgIpc) is 2.34. The minimum atomic E-state index is -4.18. The van der Waals surface area contributed by atoms with Crippen LogP contribution in [0.2, 0.25) is 5.21 Å². The van der Waals surface area contributed by atoms with E-state index in [0.29, 0.717) is 11.9 Å². The Bertz CT molecular complexity index is 670. The Labute approximate surface area is 113 Å². The number of rotatable bonds is 4. The van der Waals surface area contributed by atoms with Crippen LogP contribution in [0.4, 0.5) is 0 Å². The molecule has 0 spiro atoms. The molecule has 0 aliphatic heterocycles. The molecule has 18 heavy (non-hydrogen) atoms. The Morgan fingerprint density at radius 3 is 2.44 bits per heavy atom. The number of hydrogen-bond donors (Lipinski definition) is 2. The van der Waals surface area contributed by atoms with E-state index in [1.807, 2.05) is 18.2 Å². The third kappa shape index (κ3) is 2.75. The normalized spacial score (nSPS) is 12.6. The van der Waals surface area contributed by atoms with Crippen LogP contribution in [0.25, 0.3) is 10.8 Å². The summed E-state index contributed by atoms with van der Waals surface area (Å²) in [6.45, 7) is 0.633. The summed E-state index contributed by atoms with van der Waals surface area (Å²) in [4.78, 5) is -0.0317. The molecule has 95 valence electrons. The van der Waals surface area contributed by atoms with E-state index in [1.54, 1.807) is 12.1 Å². The molecule has 0 aliphatic rings. The monoisotopic (exact) mass is 326 g/mol. The maximum absolute atomic E-state index is 11.3. The first-order valence-electron chi connectivity index (χ1n) is 5.41. The van der Waals surface area contributed by atoms with Gasteiger partial charge in [0.25, 0.3) is 0 Å². The van der Waals surface area contributed by atoms with E-state index >= 15 is 0 Å². The Morgan fingerprint density at radius 2 is 1.78 bits per heavy atom. The van der Waals surface area contributed by atoms with E-state index in [2.05, 4.69) is 0 Å². The van der Waals surface area contributed by atoms with Crippen molar-refractivity contribution in [3.8, 4) is 0 Å². The summed E-state index contributed by atoms with van der Waals surface area (Å²) >= 11 is -0.0756. The molecule has 0 bridgehead atoms. The molecule has 2 aromatic carbocycles. The predicted molar refractivity (Wildman–Crippen MR) is 73.0 cm³/mol. The first-order valence-corrected chi connectivity index (χ1v) is 9.11. The predicted octanol–water partition coefficient (Wildman–Crippen LogP) is 0.793. The Hall–Kier alpha value is -0.872. The van der Waals surface area contributed by atoms with Crippen LogP contribution in [-0.2, 0) is 10.1 Å². The van der Waals surface area contributed by atoms with Crippen LogP contribution < -0.4 is 10.1 Å². The Morgan fingerprint density at radius 1 is 1.11 bits per heavy atom. The van der Waals surface area contributed by atoms with Gasteiger partial charge in [-0.3, -0.25) is 0 Å². The maximum atomic E-state index is 11.3. The summed E-state index contributed by atoms with van der Waals surface area (Å²) in [5.41, 5.74) is 5.51. The van der Waals surface area contributed by atoms with Gasteiger partial charge < -0.3 is 0 Å². The zero-order chi connectivity index (χ0) is 13.2. The second kappa shape index (κ2) is 5.41. The van der Waals surface area contributed by atoms with Gasteiger partial charge >= 0.3 is 113 Å². The fourth-order valence-corrected chi connectivity index (χ4v) is 4.46. The van der Waals surface area contributed by atoms with E-state index in [9.17, 15) is 13.0 Å². The SMILES string of the molecule is NCC[As]c1cccc2c(S(=O)(=O)O)cccc12. The van der Waals surface area contributed by atoms with Crippen molar-refractivity contribution in [2.45, 2.75) is 10.1 Å². The topological polar surface area (TPSA) is 80.4 Å². The van der Waals surface area contributed by atoms with Gasteiger partial charge in [0.2, 0.25) is 0 Å². The first-order chi connectivity index (χ1) is 8.54. The molecule has 2 aromatic rings. The van der Waals surface area contributed by atoms with E-state index in [4.69, 9.17) is 5.73 Å². The van der Waals surface area contributed by atoms with Crippen LogP contribution in [-0.4, -0.2) is 35.3 Å². The van der Waals surface area contributed by atoms with E-state index in [-0.39, 0.29) is 20.6 Å². The Balaban J connectivity index is 2.66. The summed E-state index contributed by atoms with van der Waals surface area (Å²) in [5.74, 6) is 0. The quantitative estimate of drug-likeness (QED) is 0.643. The first kappa shape index (κ1) is 13.6. The van der Waals surface area contributed by atoms with Gasteiger partial charge in [0.15, 0.2) is 0 Å². The second-order valence-electron chi connectivity index (χ2n) is 3.77. The van der Waals surface area contributed by atoms with Gasteiger partial charge in [-0.1, -0.05) is 0 Å². The van der Waals surface area contributed by atoms with Crippen molar-refractivity contribution in [3.05, 3.63) is 36.4 Å². The van der Waals surface area contributed by atoms with Crippen molar-refractivity contribution in [2.24, 2.45) is 5.73 Å². The molecule has 0 unspecified atom stereocenters. The van der Waals surface area contributed by atoms with Gasteiger partial charge in [-0.2, -0.15) is 0 Å². The van der Waals surface area contributed by atoms with Crippen molar-refractivity contribution < 1.29 is 13.0 Å². The van der Waals surface area contributed by atoms with Crippen LogP contribution in [0, 0.1) is 0 Å². The van der Waals surface area contributed by atoms with E-state index in [1.165, 1.54) is 6.07 Å². The zero-order valence-corrected chi connectivity index (χ0v) is 12.3. The number of nitrogens with two attached hydrogens (primary N) is 1. The fourth-order valence-electron chi connectivity index (χ4n) is 1.81. The van der Waals surface area contributed by atoms with E-state index in [0.717, 1.165) is 14.9 Å². The molecule has 3 N–H and O–H groups in total. The third-order valence-corrected chi connectivity index (χ3v) is 6.00. The molecule has 0 saturated heterocycles. The van der Waals surface area contributed by atoms with Crippen molar-refractivity contribution in [1.82, 2.24) is 0 Å². The van der Waals surface area contributed by atoms with Crippen LogP contribution in [0.1, 0.15) is 0 Å². The molecule has 0 aliphatic carbocycles. The molecule has 0 fully saturated rings. The number of benzene rings is 2. The summed E-state index contributed by atoms with van der Waals surface area (Å²) in [6.07, 6.45) is 0. The second-order valence-corrected chi connectivity index (χ2v) is 7.78. The van der Waals surface area contributed by atoms with Crippen molar-refractivity contribution in [2.75, 3.05) is 6.54 Å². The van der Waals surface area contributed by atoms with Gasteiger partial charge in [-0.15, -0.1) is 0 Å². The molecule has 2 rings (SSSR count). The molecule has 0 saturated carbocycles. The molecule has 0 atom stereocenters. The number of fused-ring (bicyclic) bond motifs is 1. The standard InChI is InChI=1S/C12H13AsNO3S/c14-8-7-13-11-5-1-4-10-9(11)3-2-6-12(10)18(15,16)17/h1-6H,7-8,14H2,(H,15,16,17). The minimum absolute atomic E-state index is 0.0317. The number of hydrogen-bond acceptors (Lipinski definition) is 3. The third-order valence-electron chi connectivity index (χ3n) is 2.55. The van der Waals surface area contributed by atoms with Crippen LogP contribution in [0.5, 0.6) is 0 Å². The molecule has 0 amide bonds. The summed E-state index contributed by atoms with van der Waals surface area (Å²) < 4.78 is 33.0. The van der Waals surface area contributed by atoms with Gasteiger partial charge in [-0.05, 0) is 0 Å². The summed E-state index contributed by atoms with van der Waals surface area (Å²) in [5, 5.41) is 2.40. The van der Waals surface area contributed by atoms with Crippen LogP contribution in [0.15, 0.2) is 41.3 Å². The van der Waals surface area contributed by atoms with Gasteiger partial charge in [0, 0.05) is 0 Å². The summed E-state index contributed by atoms with van der Waals surface area (Å²) in [6, 6.07) is 10.5. The molecule has 4 nitrogen and oxygen atoms in total. The molecule has 6 heteroatoms. The molecular weight excluding hydrogens is 313 g/mol. The molecule has 1 radical (unpaired) electrons. The molecule has 0 heterocycles. The van der Waals surface area contributed by atoms with Crippen LogP contribution >= 0.6 is 0 Å². The van der Waals surface area contributed by atoms with Gasteiger partial charge in [0.1, 0.15) is 0 Å². The van der Waals surface area contributed by atoms with Crippen molar-refractivity contribution in [1.29, 1.82) is 0 Å². The average molecular weight is 326 g/mol. The van der Waals surface area contributed by atoms with E-state index < -0.39 is 10.1 Å². The van der Waals surface area contributed by atoms with Crippen molar-refractivity contribution >= 4 is 41.0 Å². The van der Waals surface area contributed by atoms with Crippen molar-refractivity contribution in [3.63, 3.8) is 0 Å². The van der Waals surface area contributed by atoms with Gasteiger partial charge in [0.05, 0.1) is 0 Å². The fraction of sp³-hybridized carbons (Fsp3) is 0.167. The Kier molecular flexibility index (Phi) is 4.07. The van der Waals surface area contributed by atoms with Gasteiger partial charge in [-0.25, -0.2) is 0 Å². The van der Waals surface area contributed by atoms with Crippen LogP contribution in [0.3, 0.4) is 0 Å². The zero-order valence-electron chi connectivity index (χ0n) is 9.57. The molecule has 0 aromatic heterocycles. The summed E-state index contributed by atoms with van der Waals surface area (Å²) in [7, 11) is -4.18. The molecular formula is C12H13AsNO3S.